The molecule has 0 bridgehead atoms. The molecule has 7 nitrogen and oxygen atoms in total. The Labute approximate surface area is 198 Å². The second-order valence-electron chi connectivity index (χ2n) is 7.31. The lowest BCUT2D eigenvalue weighted by atomic mass is 10.2. The van der Waals surface area contributed by atoms with Gasteiger partial charge in [-0.1, -0.05) is 29.8 Å². The second-order valence-corrected chi connectivity index (χ2v) is 9.61. The highest BCUT2D eigenvalue weighted by Crippen LogP contribution is 2.37. The third-order valence-corrected chi connectivity index (χ3v) is 7.20. The minimum atomic E-state index is -4.02. The normalized spacial score (nSPS) is 12.8. The number of methoxy groups -OCH3 is 1. The van der Waals surface area contributed by atoms with Crippen molar-refractivity contribution in [1.29, 1.82) is 0 Å². The molecule has 9 heteroatoms. The predicted molar refractivity (Wildman–Crippen MR) is 127 cm³/mol. The maximum atomic E-state index is 13.8. The van der Waals surface area contributed by atoms with Gasteiger partial charge in [-0.25, -0.2) is 8.42 Å². The number of sulfonamides is 1. The molecule has 1 heterocycles. The molecular formula is C24H24ClNO6S. The first-order valence-corrected chi connectivity index (χ1v) is 12.2. The van der Waals surface area contributed by atoms with Gasteiger partial charge in [0.25, 0.3) is 10.0 Å². The highest BCUT2D eigenvalue weighted by molar-refractivity contribution is 7.92. The molecule has 0 saturated carbocycles. The van der Waals surface area contributed by atoms with Gasteiger partial charge in [0.15, 0.2) is 11.5 Å². The van der Waals surface area contributed by atoms with Crippen molar-refractivity contribution >= 4 is 27.3 Å². The third kappa shape index (κ3) is 4.96. The third-order valence-electron chi connectivity index (χ3n) is 5.16. The summed E-state index contributed by atoms with van der Waals surface area (Å²) in [5.74, 6) is 1.95. The van der Waals surface area contributed by atoms with E-state index in [2.05, 4.69) is 0 Å². The smallest absolute Gasteiger partial charge is 0.264 e. The quantitative estimate of drug-likeness (QED) is 0.456. The van der Waals surface area contributed by atoms with Gasteiger partial charge >= 0.3 is 0 Å². The van der Waals surface area contributed by atoms with E-state index in [0.717, 1.165) is 5.56 Å². The van der Waals surface area contributed by atoms with Gasteiger partial charge < -0.3 is 18.9 Å². The van der Waals surface area contributed by atoms with Crippen LogP contribution in [0.1, 0.15) is 5.56 Å². The number of nitrogens with zero attached hydrogens (tertiary/aromatic N) is 1. The molecule has 0 aliphatic carbocycles. The van der Waals surface area contributed by atoms with E-state index in [4.69, 9.17) is 30.5 Å². The Bertz CT molecular complexity index is 1250. The topological polar surface area (TPSA) is 74.3 Å². The molecule has 174 valence electrons. The Kier molecular flexibility index (Phi) is 6.85. The van der Waals surface area contributed by atoms with Crippen LogP contribution in [0.3, 0.4) is 0 Å². The lowest BCUT2D eigenvalue weighted by Gasteiger charge is -2.27. The van der Waals surface area contributed by atoms with Crippen molar-refractivity contribution in [1.82, 2.24) is 0 Å². The first-order chi connectivity index (χ1) is 15.9. The molecule has 1 aliphatic heterocycles. The number of ether oxygens (including phenoxy) is 4. The maximum absolute atomic E-state index is 13.8. The zero-order valence-electron chi connectivity index (χ0n) is 18.3. The Balaban J connectivity index is 1.70. The van der Waals surface area contributed by atoms with E-state index in [0.29, 0.717) is 46.9 Å². The molecule has 0 fully saturated rings. The minimum Gasteiger partial charge on any atom is -0.495 e. The molecular weight excluding hydrogens is 466 g/mol. The van der Waals surface area contributed by atoms with Gasteiger partial charge in [0.05, 0.1) is 24.2 Å². The first-order valence-electron chi connectivity index (χ1n) is 10.3. The molecule has 0 radical (unpaired) electrons. The van der Waals surface area contributed by atoms with Gasteiger partial charge in [0, 0.05) is 11.1 Å². The number of rotatable bonds is 8. The highest BCUT2D eigenvalue weighted by Gasteiger charge is 2.29. The molecule has 3 aromatic rings. The summed E-state index contributed by atoms with van der Waals surface area (Å²) in [4.78, 5) is 0.0599. The summed E-state index contributed by atoms with van der Waals surface area (Å²) in [5.41, 5.74) is 1.27. The summed E-state index contributed by atoms with van der Waals surface area (Å²) in [6.07, 6.45) is 0. The zero-order valence-corrected chi connectivity index (χ0v) is 19.9. The summed E-state index contributed by atoms with van der Waals surface area (Å²) in [7, 11) is -2.54. The van der Waals surface area contributed by atoms with Crippen molar-refractivity contribution in [2.75, 3.05) is 37.8 Å². The largest absolute Gasteiger partial charge is 0.495 e. The van der Waals surface area contributed by atoms with Crippen LogP contribution >= 0.6 is 11.6 Å². The fourth-order valence-corrected chi connectivity index (χ4v) is 5.13. The zero-order chi connectivity index (χ0) is 23.4. The van der Waals surface area contributed by atoms with E-state index in [-0.39, 0.29) is 18.0 Å². The van der Waals surface area contributed by atoms with Crippen LogP contribution in [0.25, 0.3) is 0 Å². The van der Waals surface area contributed by atoms with Crippen molar-refractivity contribution in [3.63, 3.8) is 0 Å². The van der Waals surface area contributed by atoms with E-state index >= 15 is 0 Å². The van der Waals surface area contributed by atoms with E-state index in [1.807, 2.05) is 31.2 Å². The number of hydrogen-bond donors (Lipinski definition) is 0. The van der Waals surface area contributed by atoms with Crippen LogP contribution in [0.5, 0.6) is 23.0 Å². The van der Waals surface area contributed by atoms with Crippen LogP contribution in [0, 0.1) is 6.92 Å². The molecule has 33 heavy (non-hydrogen) atoms. The Morgan fingerprint density at radius 3 is 2.48 bits per heavy atom. The molecule has 0 spiro atoms. The van der Waals surface area contributed by atoms with Crippen LogP contribution < -0.4 is 23.3 Å². The number of anilines is 1. The predicted octanol–water partition coefficient (Wildman–Crippen LogP) is 4.70. The molecule has 3 aromatic carbocycles. The molecule has 0 N–H and O–H groups in total. The minimum absolute atomic E-state index is 0.0296. The van der Waals surface area contributed by atoms with Gasteiger partial charge in [-0.15, -0.1) is 0 Å². The van der Waals surface area contributed by atoms with E-state index in [1.165, 1.54) is 23.5 Å². The first kappa shape index (κ1) is 23.1. The summed E-state index contributed by atoms with van der Waals surface area (Å²) in [6.45, 7) is 2.85. The van der Waals surface area contributed by atoms with Crippen molar-refractivity contribution in [2.24, 2.45) is 0 Å². The summed E-state index contributed by atoms with van der Waals surface area (Å²) in [5, 5.41) is 0.382. The number of fused-ring (bicyclic) bond motifs is 1. The number of halogens is 1. The van der Waals surface area contributed by atoms with Crippen molar-refractivity contribution in [3.8, 4) is 23.0 Å². The standard InChI is InChI=1S/C24H24ClNO6S/c1-17-5-3-4-6-21(17)30-12-11-26(20-15-18(25)7-9-22(20)29-2)33(27,28)19-8-10-23-24(16-19)32-14-13-31-23/h3-10,15-16H,11-14H2,1-2H3. The van der Waals surface area contributed by atoms with Crippen LogP contribution in [0.15, 0.2) is 65.6 Å². The van der Waals surface area contributed by atoms with Gasteiger partial charge in [0.2, 0.25) is 0 Å². The SMILES string of the molecule is COc1ccc(Cl)cc1N(CCOc1ccccc1C)S(=O)(=O)c1ccc2c(c1)OCCO2. The Hall–Kier alpha value is -3.10. The summed E-state index contributed by atoms with van der Waals surface area (Å²) in [6, 6.07) is 16.9. The van der Waals surface area contributed by atoms with Gasteiger partial charge in [0.1, 0.15) is 31.3 Å². The summed E-state index contributed by atoms with van der Waals surface area (Å²) >= 11 is 6.21. The number of benzene rings is 3. The van der Waals surface area contributed by atoms with Crippen molar-refractivity contribution in [2.45, 2.75) is 11.8 Å². The molecule has 0 aromatic heterocycles. The van der Waals surface area contributed by atoms with Crippen molar-refractivity contribution in [3.05, 3.63) is 71.2 Å². The number of para-hydroxylation sites is 1. The lowest BCUT2D eigenvalue weighted by Crippen LogP contribution is -2.35. The molecule has 1 aliphatic rings. The Morgan fingerprint density at radius 2 is 1.73 bits per heavy atom. The Morgan fingerprint density at radius 1 is 0.970 bits per heavy atom. The molecule has 0 atom stereocenters. The molecule has 0 saturated heterocycles. The number of hydrogen-bond acceptors (Lipinski definition) is 6. The fraction of sp³-hybridized carbons (Fsp3) is 0.250. The van der Waals surface area contributed by atoms with Crippen molar-refractivity contribution < 1.29 is 27.4 Å². The van der Waals surface area contributed by atoms with E-state index in [9.17, 15) is 8.42 Å². The highest BCUT2D eigenvalue weighted by atomic mass is 35.5. The van der Waals surface area contributed by atoms with Crippen LogP contribution in [0.4, 0.5) is 5.69 Å². The molecule has 4 rings (SSSR count). The average molecular weight is 490 g/mol. The monoisotopic (exact) mass is 489 g/mol. The van der Waals surface area contributed by atoms with Gasteiger partial charge in [-0.05, 0) is 48.9 Å². The summed E-state index contributed by atoms with van der Waals surface area (Å²) < 4.78 is 51.2. The molecule has 0 amide bonds. The lowest BCUT2D eigenvalue weighted by molar-refractivity contribution is 0.171. The average Bonchev–Trinajstić information content (AvgIpc) is 2.82. The van der Waals surface area contributed by atoms with Crippen LogP contribution in [0.2, 0.25) is 5.02 Å². The fourth-order valence-electron chi connectivity index (χ4n) is 3.50. The van der Waals surface area contributed by atoms with Gasteiger partial charge in [-0.2, -0.15) is 0 Å². The van der Waals surface area contributed by atoms with E-state index < -0.39 is 10.0 Å². The maximum Gasteiger partial charge on any atom is 0.264 e. The number of aryl methyl sites for hydroxylation is 1. The van der Waals surface area contributed by atoms with E-state index in [1.54, 1.807) is 24.3 Å². The van der Waals surface area contributed by atoms with Gasteiger partial charge in [-0.3, -0.25) is 4.31 Å². The van der Waals surface area contributed by atoms with Crippen LogP contribution in [-0.2, 0) is 10.0 Å². The second kappa shape index (κ2) is 9.80. The molecule has 0 unspecified atom stereocenters. The van der Waals surface area contributed by atoms with Crippen LogP contribution in [-0.4, -0.2) is 41.9 Å².